The average molecular weight is 285 g/mol. The van der Waals surface area contributed by atoms with Gasteiger partial charge in [-0.05, 0) is 23.6 Å². The van der Waals surface area contributed by atoms with Gasteiger partial charge < -0.3 is 11.5 Å². The van der Waals surface area contributed by atoms with Crippen LogP contribution in [0, 0.1) is 17.1 Å². The minimum atomic E-state index is -0.376. The molecule has 0 fully saturated rings. The van der Waals surface area contributed by atoms with Gasteiger partial charge in [0, 0.05) is 15.6 Å². The fraction of sp³-hybridized carbons (Fsp3) is 0. The molecule has 0 radical (unpaired) electrons. The van der Waals surface area contributed by atoms with E-state index in [0.29, 0.717) is 10.9 Å². The normalized spacial score (nSPS) is 10.6. The molecule has 4 N–H and O–H groups in total. The molecule has 7 heteroatoms. The number of nitrogens with two attached hydrogens (primary N) is 2. The first-order valence-corrected chi connectivity index (χ1v) is 6.48. The van der Waals surface area contributed by atoms with E-state index in [1.807, 2.05) is 6.07 Å². The van der Waals surface area contributed by atoms with Crippen LogP contribution in [-0.4, -0.2) is 9.97 Å². The molecule has 0 saturated carbocycles. The maximum atomic E-state index is 14.0. The Labute approximate surface area is 117 Å². The Morgan fingerprint density at radius 1 is 1.25 bits per heavy atom. The second-order valence-electron chi connectivity index (χ2n) is 4.09. The number of hydrogen-bond donors (Lipinski definition) is 2. The van der Waals surface area contributed by atoms with Crippen LogP contribution in [-0.2, 0) is 0 Å². The van der Waals surface area contributed by atoms with Crippen LogP contribution < -0.4 is 11.5 Å². The lowest BCUT2D eigenvalue weighted by Crippen LogP contribution is -2.05. The number of nitrogen functional groups attached to an aromatic ring is 2. The van der Waals surface area contributed by atoms with Crippen molar-refractivity contribution in [3.63, 3.8) is 0 Å². The molecule has 0 aliphatic heterocycles. The first-order valence-electron chi connectivity index (χ1n) is 5.60. The molecule has 0 aliphatic rings. The van der Waals surface area contributed by atoms with Gasteiger partial charge in [-0.1, -0.05) is 0 Å². The fourth-order valence-electron chi connectivity index (χ4n) is 1.98. The van der Waals surface area contributed by atoms with Gasteiger partial charge in [-0.15, -0.1) is 11.3 Å². The summed E-state index contributed by atoms with van der Waals surface area (Å²) in [6, 6.07) is 6.70. The van der Waals surface area contributed by atoms with Crippen LogP contribution in [0.1, 0.15) is 5.56 Å². The second-order valence-corrected chi connectivity index (χ2v) is 5.04. The summed E-state index contributed by atoms with van der Waals surface area (Å²) in [6.07, 6.45) is 0. The summed E-state index contributed by atoms with van der Waals surface area (Å²) in [5.74, 6) is -0.441. The Morgan fingerprint density at radius 3 is 2.80 bits per heavy atom. The number of thiophene rings is 1. The zero-order valence-electron chi connectivity index (χ0n) is 10.1. The number of aromatic nitrogens is 2. The van der Waals surface area contributed by atoms with Crippen molar-refractivity contribution < 1.29 is 4.39 Å². The van der Waals surface area contributed by atoms with Crippen molar-refractivity contribution in [2.75, 3.05) is 11.5 Å². The summed E-state index contributed by atoms with van der Waals surface area (Å²) in [5.41, 5.74) is 12.0. The van der Waals surface area contributed by atoms with E-state index in [2.05, 4.69) is 9.97 Å². The van der Waals surface area contributed by atoms with E-state index < -0.39 is 0 Å². The predicted molar refractivity (Wildman–Crippen MR) is 76.3 cm³/mol. The summed E-state index contributed by atoms with van der Waals surface area (Å²) >= 11 is 1.40. The summed E-state index contributed by atoms with van der Waals surface area (Å²) in [5, 5.41) is 11.5. The quantitative estimate of drug-likeness (QED) is 0.715. The van der Waals surface area contributed by atoms with Crippen LogP contribution in [0.25, 0.3) is 21.3 Å². The molecule has 0 amide bonds. The summed E-state index contributed by atoms with van der Waals surface area (Å²) in [6.45, 7) is 0. The summed E-state index contributed by atoms with van der Waals surface area (Å²) in [7, 11) is 0. The number of anilines is 2. The molecule has 0 unspecified atom stereocenters. The molecule has 98 valence electrons. The second kappa shape index (κ2) is 4.43. The van der Waals surface area contributed by atoms with E-state index in [0.717, 1.165) is 4.70 Å². The minimum Gasteiger partial charge on any atom is -0.382 e. The van der Waals surface area contributed by atoms with Crippen LogP contribution in [0.3, 0.4) is 0 Å². The lowest BCUT2D eigenvalue weighted by atomic mass is 10.1. The number of fused-ring (bicyclic) bond motifs is 1. The summed E-state index contributed by atoms with van der Waals surface area (Å²) < 4.78 is 14.8. The molecule has 0 atom stereocenters. The minimum absolute atomic E-state index is 0.0123. The van der Waals surface area contributed by atoms with E-state index in [1.165, 1.54) is 17.4 Å². The van der Waals surface area contributed by atoms with Crippen LogP contribution >= 0.6 is 11.3 Å². The first kappa shape index (κ1) is 12.3. The molecule has 20 heavy (non-hydrogen) atoms. The van der Waals surface area contributed by atoms with Gasteiger partial charge in [0.25, 0.3) is 0 Å². The van der Waals surface area contributed by atoms with Crippen molar-refractivity contribution in [1.82, 2.24) is 9.97 Å². The Morgan fingerprint density at radius 2 is 2.05 bits per heavy atom. The fourth-order valence-corrected chi connectivity index (χ4v) is 2.82. The molecule has 3 aromatic rings. The highest BCUT2D eigenvalue weighted by atomic mass is 32.1. The van der Waals surface area contributed by atoms with Crippen molar-refractivity contribution in [2.24, 2.45) is 0 Å². The highest BCUT2D eigenvalue weighted by molar-refractivity contribution is 7.17. The van der Waals surface area contributed by atoms with Crippen molar-refractivity contribution >= 4 is 33.2 Å². The van der Waals surface area contributed by atoms with Crippen molar-refractivity contribution in [2.45, 2.75) is 0 Å². The third-order valence-electron chi connectivity index (χ3n) is 2.86. The highest BCUT2D eigenvalue weighted by Gasteiger charge is 2.15. The lowest BCUT2D eigenvalue weighted by molar-refractivity contribution is 0.640. The van der Waals surface area contributed by atoms with E-state index in [-0.39, 0.29) is 28.8 Å². The number of rotatable bonds is 1. The van der Waals surface area contributed by atoms with E-state index in [9.17, 15) is 4.39 Å². The number of benzene rings is 1. The SMILES string of the molecule is N#Cc1c(N)nc(N)nc1-c1cc(F)c2ccsc2c1. The third-order valence-corrected chi connectivity index (χ3v) is 3.72. The maximum absolute atomic E-state index is 14.0. The largest absolute Gasteiger partial charge is 0.382 e. The van der Waals surface area contributed by atoms with Gasteiger partial charge in [-0.2, -0.15) is 10.2 Å². The molecule has 0 saturated heterocycles. The molecule has 0 bridgehead atoms. The first-order chi connectivity index (χ1) is 9.60. The molecule has 0 spiro atoms. The summed E-state index contributed by atoms with van der Waals surface area (Å²) in [4.78, 5) is 7.75. The standard InChI is InChI=1S/C13H8FN5S/c14-9-3-6(4-10-7(9)1-2-20-10)11-8(5-15)12(16)19-13(17)18-11/h1-4H,(H4,16,17,18,19). The van der Waals surface area contributed by atoms with Gasteiger partial charge in [0.2, 0.25) is 5.95 Å². The smallest absolute Gasteiger partial charge is 0.222 e. The van der Waals surface area contributed by atoms with E-state index >= 15 is 0 Å². The van der Waals surface area contributed by atoms with Gasteiger partial charge in [0.05, 0.1) is 5.69 Å². The predicted octanol–water partition coefficient (Wildman–Crippen LogP) is 2.53. The monoisotopic (exact) mass is 285 g/mol. The number of nitriles is 1. The molecular weight excluding hydrogens is 277 g/mol. The van der Waals surface area contributed by atoms with E-state index in [1.54, 1.807) is 17.5 Å². The molecule has 2 heterocycles. The average Bonchev–Trinajstić information content (AvgIpc) is 2.86. The van der Waals surface area contributed by atoms with E-state index in [4.69, 9.17) is 16.7 Å². The Kier molecular flexibility index (Phi) is 2.73. The van der Waals surface area contributed by atoms with Crippen LogP contribution in [0.4, 0.5) is 16.2 Å². The topological polar surface area (TPSA) is 102 Å². The van der Waals surface area contributed by atoms with Crippen molar-refractivity contribution in [1.29, 1.82) is 5.26 Å². The van der Waals surface area contributed by atoms with Gasteiger partial charge in [0.15, 0.2) is 0 Å². The van der Waals surface area contributed by atoms with Crippen molar-refractivity contribution in [3.8, 4) is 17.3 Å². The van der Waals surface area contributed by atoms with Crippen molar-refractivity contribution in [3.05, 3.63) is 35.0 Å². The zero-order valence-corrected chi connectivity index (χ0v) is 10.9. The third kappa shape index (κ3) is 1.83. The van der Waals surface area contributed by atoms with Crippen LogP contribution in [0.5, 0.6) is 0 Å². The lowest BCUT2D eigenvalue weighted by Gasteiger charge is -2.07. The maximum Gasteiger partial charge on any atom is 0.222 e. The molecule has 0 aliphatic carbocycles. The van der Waals surface area contributed by atoms with Crippen LogP contribution in [0.2, 0.25) is 0 Å². The number of nitrogens with zero attached hydrogens (tertiary/aromatic N) is 3. The molecule has 3 rings (SSSR count). The number of hydrogen-bond acceptors (Lipinski definition) is 6. The Bertz CT molecular complexity index is 865. The molecule has 1 aromatic carbocycles. The molecule has 2 aromatic heterocycles. The Balaban J connectivity index is 2.33. The van der Waals surface area contributed by atoms with Gasteiger partial charge >= 0.3 is 0 Å². The molecular formula is C13H8FN5S. The number of halogens is 1. The van der Waals surface area contributed by atoms with Gasteiger partial charge in [-0.3, -0.25) is 0 Å². The Hall–Kier alpha value is -2.72. The van der Waals surface area contributed by atoms with Gasteiger partial charge in [0.1, 0.15) is 23.3 Å². The van der Waals surface area contributed by atoms with Gasteiger partial charge in [-0.25, -0.2) is 9.37 Å². The zero-order chi connectivity index (χ0) is 14.3. The van der Waals surface area contributed by atoms with Crippen LogP contribution in [0.15, 0.2) is 23.6 Å². The molecule has 5 nitrogen and oxygen atoms in total. The highest BCUT2D eigenvalue weighted by Crippen LogP contribution is 2.32.